The molecule has 0 aromatic heterocycles. The largest absolute Gasteiger partial charge is 0.466 e. The molecule has 0 amide bonds. The van der Waals surface area contributed by atoms with Crippen LogP contribution in [-0.2, 0) is 4.79 Å². The lowest BCUT2D eigenvalue weighted by Crippen LogP contribution is -2.15. The van der Waals surface area contributed by atoms with Crippen LogP contribution in [0.25, 0.3) is 0 Å². The quantitative estimate of drug-likeness (QED) is 0.525. The number of alkyl halides is 3. The van der Waals surface area contributed by atoms with Crippen molar-refractivity contribution in [2.24, 2.45) is 0 Å². The Morgan fingerprint density at radius 3 is 1.70 bits per heavy atom. The molecule has 0 fully saturated rings. The van der Waals surface area contributed by atoms with E-state index in [1.807, 2.05) is 0 Å². The number of carbonyl (C=O) groups is 1. The van der Waals surface area contributed by atoms with E-state index in [0.29, 0.717) is 0 Å². The number of hydrogen-bond acceptors (Lipinski definition) is 2. The van der Waals surface area contributed by atoms with Crippen LogP contribution in [-0.4, -0.2) is 11.4 Å². The van der Waals surface area contributed by atoms with E-state index in [1.165, 1.54) is 6.92 Å². The van der Waals surface area contributed by atoms with Crippen LogP contribution in [0.5, 0.6) is 0 Å². The molecule has 0 rings (SSSR count). The number of nitrogens with zero attached hydrogens (tertiary/aromatic N) is 1. The van der Waals surface area contributed by atoms with Gasteiger partial charge in [-0.3, -0.25) is 4.79 Å². The summed E-state index contributed by atoms with van der Waals surface area (Å²) in [5.41, 5.74) is 0. The number of hydrogen-bond donors (Lipinski definition) is 0. The SMILES string of the molecule is CC#N.O=C(Cl)C(F)(F)F. The second kappa shape index (κ2) is 5.06. The zero-order valence-electron chi connectivity index (χ0n) is 4.87. The minimum atomic E-state index is -4.87. The number of rotatable bonds is 0. The van der Waals surface area contributed by atoms with Gasteiger partial charge in [0, 0.05) is 6.92 Å². The number of nitriles is 1. The van der Waals surface area contributed by atoms with Crippen molar-refractivity contribution in [3.05, 3.63) is 0 Å². The lowest BCUT2D eigenvalue weighted by atomic mass is 10.8. The average molecular weight is 174 g/mol. The topological polar surface area (TPSA) is 40.9 Å². The fraction of sp³-hybridized carbons (Fsp3) is 0.500. The summed E-state index contributed by atoms with van der Waals surface area (Å²) in [6, 6.07) is 1.75. The van der Waals surface area contributed by atoms with Gasteiger partial charge in [0.2, 0.25) is 0 Å². The fourth-order valence-electron chi connectivity index (χ4n) is 0. The highest BCUT2D eigenvalue weighted by Gasteiger charge is 2.36. The van der Waals surface area contributed by atoms with Crippen molar-refractivity contribution in [2.45, 2.75) is 13.1 Å². The molecule has 0 unspecified atom stereocenters. The average Bonchev–Trinajstić information content (AvgIpc) is 1.64. The summed E-state index contributed by atoms with van der Waals surface area (Å²) < 4.78 is 32.1. The maximum absolute atomic E-state index is 10.7. The van der Waals surface area contributed by atoms with Crippen LogP contribution < -0.4 is 0 Å². The monoisotopic (exact) mass is 173 g/mol. The number of carbonyl (C=O) groups excluding carboxylic acids is 1. The van der Waals surface area contributed by atoms with Crippen molar-refractivity contribution >= 4 is 16.8 Å². The predicted molar refractivity (Wildman–Crippen MR) is 28.2 cm³/mol. The van der Waals surface area contributed by atoms with E-state index in [9.17, 15) is 13.2 Å². The van der Waals surface area contributed by atoms with Gasteiger partial charge in [-0.2, -0.15) is 18.4 Å². The molecule has 0 aliphatic carbocycles. The Bertz CT molecular complexity index is 148. The van der Waals surface area contributed by atoms with Crippen molar-refractivity contribution in [1.29, 1.82) is 5.26 Å². The zero-order chi connectivity index (χ0) is 8.78. The van der Waals surface area contributed by atoms with Gasteiger partial charge in [0.25, 0.3) is 0 Å². The molecule has 0 saturated carbocycles. The molecule has 0 radical (unpaired) electrons. The van der Waals surface area contributed by atoms with Crippen LogP contribution in [0, 0.1) is 11.3 Å². The third-order valence-electron chi connectivity index (χ3n) is 0.223. The third kappa shape index (κ3) is 10.3. The highest BCUT2D eigenvalue weighted by atomic mass is 35.5. The standard InChI is InChI=1S/C2ClF3O.C2H3N/c3-1(7)2(4,5)6;1-2-3/h;1H3. The molecule has 0 aliphatic heterocycles. The van der Waals surface area contributed by atoms with Gasteiger partial charge in [-0.15, -0.1) is 0 Å². The van der Waals surface area contributed by atoms with Crippen LogP contribution in [0.1, 0.15) is 6.92 Å². The molecule has 0 saturated heterocycles. The molecule has 0 atom stereocenters. The van der Waals surface area contributed by atoms with E-state index in [4.69, 9.17) is 10.1 Å². The van der Waals surface area contributed by atoms with Gasteiger partial charge in [-0.1, -0.05) is 0 Å². The Labute approximate surface area is 60.2 Å². The Kier molecular flexibility index (Phi) is 6.05. The van der Waals surface area contributed by atoms with Gasteiger partial charge in [-0.25, -0.2) is 0 Å². The summed E-state index contributed by atoms with van der Waals surface area (Å²) in [5, 5.41) is 5.03. The minimum Gasteiger partial charge on any atom is -0.271 e. The summed E-state index contributed by atoms with van der Waals surface area (Å²) in [7, 11) is 0. The molecule has 58 valence electrons. The van der Waals surface area contributed by atoms with Crippen LogP contribution in [0.3, 0.4) is 0 Å². The van der Waals surface area contributed by atoms with Gasteiger partial charge in [-0.05, 0) is 11.6 Å². The van der Waals surface area contributed by atoms with Gasteiger partial charge >= 0.3 is 11.4 Å². The summed E-state index contributed by atoms with van der Waals surface area (Å²) >= 11 is 3.99. The van der Waals surface area contributed by atoms with Crippen molar-refractivity contribution in [2.75, 3.05) is 0 Å². The van der Waals surface area contributed by atoms with Crippen LogP contribution >= 0.6 is 11.6 Å². The normalized spacial score (nSPS) is 8.80. The van der Waals surface area contributed by atoms with Crippen LogP contribution in [0.2, 0.25) is 0 Å². The Morgan fingerprint density at radius 2 is 1.70 bits per heavy atom. The van der Waals surface area contributed by atoms with Gasteiger partial charge in [0.15, 0.2) is 0 Å². The molecule has 0 spiro atoms. The molecular weight excluding hydrogens is 170 g/mol. The molecule has 6 heteroatoms. The third-order valence-corrected chi connectivity index (χ3v) is 0.437. The van der Waals surface area contributed by atoms with Crippen LogP contribution in [0.15, 0.2) is 0 Å². The predicted octanol–water partition coefficient (Wildman–Crippen LogP) is 1.84. The zero-order valence-corrected chi connectivity index (χ0v) is 5.62. The lowest BCUT2D eigenvalue weighted by molar-refractivity contribution is -0.161. The molecule has 0 N–H and O–H groups in total. The van der Waals surface area contributed by atoms with Crippen molar-refractivity contribution in [1.82, 2.24) is 0 Å². The first kappa shape index (κ1) is 12.0. The van der Waals surface area contributed by atoms with E-state index < -0.39 is 11.4 Å². The number of halogens is 4. The molecule has 0 bridgehead atoms. The summed E-state index contributed by atoms with van der Waals surface area (Å²) in [5.74, 6) is 0. The van der Waals surface area contributed by atoms with Crippen molar-refractivity contribution < 1.29 is 18.0 Å². The van der Waals surface area contributed by atoms with E-state index in [0.717, 1.165) is 0 Å². The van der Waals surface area contributed by atoms with Crippen molar-refractivity contribution in [3.63, 3.8) is 0 Å². The summed E-state index contributed by atoms with van der Waals surface area (Å²) in [6.07, 6.45) is -4.87. The van der Waals surface area contributed by atoms with E-state index >= 15 is 0 Å². The van der Waals surface area contributed by atoms with E-state index in [2.05, 4.69) is 11.6 Å². The summed E-state index contributed by atoms with van der Waals surface area (Å²) in [6.45, 7) is 1.43. The molecule has 10 heavy (non-hydrogen) atoms. The minimum absolute atomic E-state index is 1.43. The first-order chi connectivity index (χ1) is 4.36. The first-order valence-electron chi connectivity index (χ1n) is 1.93. The second-order valence-corrected chi connectivity index (χ2v) is 1.34. The highest BCUT2D eigenvalue weighted by molar-refractivity contribution is 6.64. The van der Waals surface area contributed by atoms with Crippen LogP contribution in [0.4, 0.5) is 13.2 Å². The van der Waals surface area contributed by atoms with Gasteiger partial charge in [0.1, 0.15) is 0 Å². The Morgan fingerprint density at radius 1 is 1.60 bits per heavy atom. The molecule has 0 aromatic carbocycles. The smallest absolute Gasteiger partial charge is 0.271 e. The van der Waals surface area contributed by atoms with E-state index in [-0.39, 0.29) is 0 Å². The fourth-order valence-corrected chi connectivity index (χ4v) is 0. The molecular formula is C4H3ClF3NO. The molecule has 2 nitrogen and oxygen atoms in total. The van der Waals surface area contributed by atoms with Gasteiger partial charge in [0.05, 0.1) is 6.07 Å². The van der Waals surface area contributed by atoms with E-state index in [1.54, 1.807) is 6.07 Å². The molecule has 0 aliphatic rings. The first-order valence-corrected chi connectivity index (χ1v) is 2.31. The maximum Gasteiger partial charge on any atom is 0.466 e. The van der Waals surface area contributed by atoms with Gasteiger partial charge < -0.3 is 0 Å². The Hall–Kier alpha value is -0.760. The Balaban J connectivity index is 0. The second-order valence-electron chi connectivity index (χ2n) is 0.995. The summed E-state index contributed by atoms with van der Waals surface area (Å²) in [4.78, 5) is 9.11. The molecule has 0 heterocycles. The highest BCUT2D eigenvalue weighted by Crippen LogP contribution is 2.17. The lowest BCUT2D eigenvalue weighted by Gasteiger charge is -1.93. The maximum atomic E-state index is 10.7. The molecule has 0 aromatic rings. The van der Waals surface area contributed by atoms with Crippen molar-refractivity contribution in [3.8, 4) is 6.07 Å².